The lowest BCUT2D eigenvalue weighted by Gasteiger charge is -2.04. The van der Waals surface area contributed by atoms with Gasteiger partial charge in [0.1, 0.15) is 5.75 Å². The molecule has 0 aromatic carbocycles. The van der Waals surface area contributed by atoms with E-state index in [4.69, 9.17) is 0 Å². The summed E-state index contributed by atoms with van der Waals surface area (Å²) in [4.78, 5) is 19.6. The van der Waals surface area contributed by atoms with Crippen LogP contribution in [0.2, 0.25) is 0 Å². The summed E-state index contributed by atoms with van der Waals surface area (Å²) in [6.45, 7) is 0.471. The fraction of sp³-hybridized carbons (Fsp3) is 0.182. The highest BCUT2D eigenvalue weighted by molar-refractivity contribution is 7.07. The van der Waals surface area contributed by atoms with Crippen LogP contribution in [0.1, 0.15) is 16.2 Å². The Kier molecular flexibility index (Phi) is 3.66. The van der Waals surface area contributed by atoms with E-state index in [1.165, 1.54) is 23.6 Å². The number of aromatic nitrogens is 2. The lowest BCUT2D eigenvalue weighted by molar-refractivity contribution is 0.0946. The summed E-state index contributed by atoms with van der Waals surface area (Å²) in [5, 5.41) is 14.0. The van der Waals surface area contributed by atoms with E-state index in [0.717, 1.165) is 5.69 Å². The molecule has 0 spiro atoms. The Labute approximate surface area is 102 Å². The first-order valence-corrected chi connectivity index (χ1v) is 6.01. The zero-order valence-electron chi connectivity index (χ0n) is 8.96. The van der Waals surface area contributed by atoms with Gasteiger partial charge in [0.15, 0.2) is 5.69 Å². The van der Waals surface area contributed by atoms with Crippen molar-refractivity contribution in [3.63, 3.8) is 0 Å². The molecule has 6 heteroatoms. The fourth-order valence-corrected chi connectivity index (χ4v) is 1.91. The van der Waals surface area contributed by atoms with Gasteiger partial charge in [0.2, 0.25) is 0 Å². The van der Waals surface area contributed by atoms with Gasteiger partial charge in [-0.1, -0.05) is 0 Å². The number of hydrogen-bond acceptors (Lipinski definition) is 5. The highest BCUT2D eigenvalue weighted by atomic mass is 32.1. The third-order valence-corrected chi connectivity index (χ3v) is 2.79. The van der Waals surface area contributed by atoms with Gasteiger partial charge in [0.25, 0.3) is 5.91 Å². The zero-order valence-corrected chi connectivity index (χ0v) is 9.78. The van der Waals surface area contributed by atoms with Crippen LogP contribution in [0, 0.1) is 0 Å². The molecule has 0 saturated carbocycles. The lowest BCUT2D eigenvalue weighted by Crippen LogP contribution is -2.26. The summed E-state index contributed by atoms with van der Waals surface area (Å²) in [5.41, 5.74) is 2.74. The number of hydrogen-bond donors (Lipinski definition) is 2. The predicted octanol–water partition coefficient (Wildman–Crippen LogP) is 1.22. The Bertz CT molecular complexity index is 499. The van der Waals surface area contributed by atoms with Crippen LogP contribution in [0.15, 0.2) is 29.2 Å². The van der Waals surface area contributed by atoms with Gasteiger partial charge < -0.3 is 10.4 Å². The van der Waals surface area contributed by atoms with E-state index in [0.29, 0.717) is 13.0 Å². The molecular formula is C11H11N3O2S. The molecule has 0 radical (unpaired) electrons. The van der Waals surface area contributed by atoms with E-state index in [-0.39, 0.29) is 17.4 Å². The quantitative estimate of drug-likeness (QED) is 0.854. The van der Waals surface area contributed by atoms with Crippen LogP contribution in [-0.4, -0.2) is 27.5 Å². The van der Waals surface area contributed by atoms with Crippen molar-refractivity contribution in [3.05, 3.63) is 40.6 Å². The molecule has 17 heavy (non-hydrogen) atoms. The minimum absolute atomic E-state index is 0.0470. The van der Waals surface area contributed by atoms with Crippen LogP contribution in [0.3, 0.4) is 0 Å². The van der Waals surface area contributed by atoms with E-state index in [1.807, 2.05) is 5.38 Å². The number of amides is 1. The smallest absolute Gasteiger partial charge is 0.273 e. The topological polar surface area (TPSA) is 75.1 Å². The van der Waals surface area contributed by atoms with Crippen molar-refractivity contribution in [2.75, 3.05) is 6.54 Å². The Balaban J connectivity index is 1.88. The van der Waals surface area contributed by atoms with E-state index >= 15 is 0 Å². The van der Waals surface area contributed by atoms with E-state index in [1.54, 1.807) is 11.6 Å². The van der Waals surface area contributed by atoms with Crippen molar-refractivity contribution < 1.29 is 9.90 Å². The minimum Gasteiger partial charge on any atom is -0.505 e. The highest BCUT2D eigenvalue weighted by Crippen LogP contribution is 2.11. The summed E-state index contributed by atoms with van der Waals surface area (Å²) < 4.78 is 0. The summed E-state index contributed by atoms with van der Waals surface area (Å²) in [6, 6.07) is 3.00. The zero-order chi connectivity index (χ0) is 12.1. The van der Waals surface area contributed by atoms with Crippen molar-refractivity contribution in [2.24, 2.45) is 0 Å². The number of aromatic hydroxyl groups is 1. The average Bonchev–Trinajstić information content (AvgIpc) is 2.82. The maximum absolute atomic E-state index is 11.6. The minimum atomic E-state index is -0.377. The molecule has 1 amide bonds. The normalized spacial score (nSPS) is 10.1. The second-order valence-electron chi connectivity index (χ2n) is 3.36. The molecule has 88 valence electrons. The van der Waals surface area contributed by atoms with Gasteiger partial charge in [-0.05, 0) is 12.1 Å². The second kappa shape index (κ2) is 5.40. The van der Waals surface area contributed by atoms with E-state index in [2.05, 4.69) is 15.3 Å². The van der Waals surface area contributed by atoms with Gasteiger partial charge in [-0.2, -0.15) is 0 Å². The molecule has 2 N–H and O–H groups in total. The summed E-state index contributed by atoms with van der Waals surface area (Å²) in [6.07, 6.45) is 2.14. The molecule has 2 aromatic rings. The van der Waals surface area contributed by atoms with Crippen LogP contribution in [0.25, 0.3) is 0 Å². The molecule has 0 aliphatic rings. The molecule has 0 aliphatic heterocycles. The van der Waals surface area contributed by atoms with Crippen molar-refractivity contribution in [1.29, 1.82) is 0 Å². The average molecular weight is 249 g/mol. The molecular weight excluding hydrogens is 238 g/mol. The third kappa shape index (κ3) is 3.01. The van der Waals surface area contributed by atoms with E-state index in [9.17, 15) is 9.90 Å². The lowest BCUT2D eigenvalue weighted by atomic mass is 10.3. The molecule has 0 aliphatic carbocycles. The standard InChI is InChI=1S/C11H11N3O2S/c15-9-2-1-4-12-10(9)11(16)13-5-3-8-6-17-7-14-8/h1-2,4,6-7,15H,3,5H2,(H,13,16). The second-order valence-corrected chi connectivity index (χ2v) is 4.08. The number of carbonyl (C=O) groups excluding carboxylic acids is 1. The molecule has 0 fully saturated rings. The van der Waals surface area contributed by atoms with Crippen molar-refractivity contribution >= 4 is 17.2 Å². The van der Waals surface area contributed by atoms with Crippen molar-refractivity contribution in [3.8, 4) is 5.75 Å². The molecule has 2 aromatic heterocycles. The summed E-state index contributed by atoms with van der Waals surface area (Å²) >= 11 is 1.52. The van der Waals surface area contributed by atoms with Gasteiger partial charge >= 0.3 is 0 Å². The SMILES string of the molecule is O=C(NCCc1cscn1)c1ncccc1O. The maximum atomic E-state index is 11.6. The molecule has 0 bridgehead atoms. The monoisotopic (exact) mass is 249 g/mol. The Morgan fingerprint density at radius 2 is 2.35 bits per heavy atom. The third-order valence-electron chi connectivity index (χ3n) is 2.15. The van der Waals surface area contributed by atoms with Gasteiger partial charge in [0.05, 0.1) is 11.2 Å². The Morgan fingerprint density at radius 3 is 3.06 bits per heavy atom. The number of rotatable bonds is 4. The largest absolute Gasteiger partial charge is 0.505 e. The van der Waals surface area contributed by atoms with Gasteiger partial charge in [0, 0.05) is 24.5 Å². The maximum Gasteiger partial charge on any atom is 0.273 e. The van der Waals surface area contributed by atoms with Gasteiger partial charge in [-0.25, -0.2) is 9.97 Å². The number of pyridine rings is 1. The summed E-state index contributed by atoms with van der Waals surface area (Å²) in [7, 11) is 0. The van der Waals surface area contributed by atoms with Crippen LogP contribution >= 0.6 is 11.3 Å². The van der Waals surface area contributed by atoms with Crippen molar-refractivity contribution in [2.45, 2.75) is 6.42 Å². The molecule has 0 saturated heterocycles. The first kappa shape index (κ1) is 11.5. The summed E-state index contributed by atoms with van der Waals surface area (Å²) in [5.74, 6) is -0.489. The molecule has 0 atom stereocenters. The highest BCUT2D eigenvalue weighted by Gasteiger charge is 2.11. The number of thiazole rings is 1. The number of nitrogens with one attached hydrogen (secondary N) is 1. The van der Waals surface area contributed by atoms with Gasteiger partial charge in [-0.15, -0.1) is 11.3 Å². The first-order valence-electron chi connectivity index (χ1n) is 5.06. The van der Waals surface area contributed by atoms with Crippen LogP contribution in [-0.2, 0) is 6.42 Å². The van der Waals surface area contributed by atoms with Crippen LogP contribution in [0.5, 0.6) is 5.75 Å². The Hall–Kier alpha value is -1.95. The fourth-order valence-electron chi connectivity index (χ4n) is 1.32. The number of carbonyl (C=O) groups is 1. The van der Waals surface area contributed by atoms with Crippen LogP contribution < -0.4 is 5.32 Å². The molecule has 5 nitrogen and oxygen atoms in total. The van der Waals surface area contributed by atoms with Crippen molar-refractivity contribution in [1.82, 2.24) is 15.3 Å². The molecule has 2 rings (SSSR count). The Morgan fingerprint density at radius 1 is 1.47 bits per heavy atom. The molecule has 0 unspecified atom stereocenters. The number of nitrogens with zero attached hydrogens (tertiary/aromatic N) is 2. The van der Waals surface area contributed by atoms with Gasteiger partial charge in [-0.3, -0.25) is 4.79 Å². The van der Waals surface area contributed by atoms with Crippen LogP contribution in [0.4, 0.5) is 0 Å². The molecule has 2 heterocycles. The van der Waals surface area contributed by atoms with E-state index < -0.39 is 0 Å². The predicted molar refractivity (Wildman–Crippen MR) is 64.1 cm³/mol. The first-order chi connectivity index (χ1) is 8.27.